The molecule has 4 atom stereocenters. The Bertz CT molecular complexity index is 632. The van der Waals surface area contributed by atoms with Crippen LogP contribution in [0.1, 0.15) is 44.9 Å². The van der Waals surface area contributed by atoms with Crippen LogP contribution in [0.5, 0.6) is 0 Å². The van der Waals surface area contributed by atoms with Crippen LogP contribution in [-0.2, 0) is 9.59 Å². The van der Waals surface area contributed by atoms with Gasteiger partial charge in [0.05, 0.1) is 30.2 Å². The molecule has 0 spiro atoms. The molecule has 0 aromatic heterocycles. The standard InChI is InChI=1S/C18H24FN3O3/c19-13-2-14(7-20)22(9-13)15(23)8-21-16(24)17-3-11-1-12(4-17)6-18(25,5-11)10-17/h11-14,25H,1-6,8-10H2,(H,21,24)/t11?,12?,13-,14-,17?,18?/m0/s1. The minimum absolute atomic E-state index is 0.0382. The minimum Gasteiger partial charge on any atom is -0.390 e. The van der Waals surface area contributed by atoms with Crippen molar-refractivity contribution < 1.29 is 19.1 Å². The maximum Gasteiger partial charge on any atom is 0.243 e. The fourth-order valence-corrected chi connectivity index (χ4v) is 6.11. The van der Waals surface area contributed by atoms with Gasteiger partial charge in [-0.1, -0.05) is 0 Å². The van der Waals surface area contributed by atoms with Crippen molar-refractivity contribution in [2.75, 3.05) is 13.1 Å². The first-order chi connectivity index (χ1) is 11.8. The lowest BCUT2D eigenvalue weighted by atomic mass is 9.47. The van der Waals surface area contributed by atoms with Gasteiger partial charge >= 0.3 is 0 Å². The third kappa shape index (κ3) is 2.80. The van der Waals surface area contributed by atoms with Crippen molar-refractivity contribution in [1.82, 2.24) is 10.2 Å². The molecular weight excluding hydrogens is 325 g/mol. The average Bonchev–Trinajstić information content (AvgIpc) is 2.91. The van der Waals surface area contributed by atoms with Crippen LogP contribution in [0.15, 0.2) is 0 Å². The number of carbonyl (C=O) groups excluding carboxylic acids is 2. The summed E-state index contributed by atoms with van der Waals surface area (Å²) in [6.45, 7) is -0.290. The van der Waals surface area contributed by atoms with E-state index < -0.39 is 29.1 Å². The number of likely N-dealkylation sites (tertiary alicyclic amines) is 1. The maximum absolute atomic E-state index is 13.5. The van der Waals surface area contributed by atoms with E-state index >= 15 is 0 Å². The summed E-state index contributed by atoms with van der Waals surface area (Å²) in [5, 5.41) is 22.5. The summed E-state index contributed by atoms with van der Waals surface area (Å²) >= 11 is 0. The largest absolute Gasteiger partial charge is 0.390 e. The summed E-state index contributed by atoms with van der Waals surface area (Å²) in [5.41, 5.74) is -1.30. The van der Waals surface area contributed by atoms with Crippen LogP contribution in [0.3, 0.4) is 0 Å². The summed E-state index contributed by atoms with van der Waals surface area (Å²) in [5.74, 6) is 0.199. The summed E-state index contributed by atoms with van der Waals surface area (Å²) in [6, 6.07) is 1.20. The monoisotopic (exact) mass is 349 g/mol. The lowest BCUT2D eigenvalue weighted by Gasteiger charge is -2.59. The average molecular weight is 349 g/mol. The molecule has 2 amide bonds. The Morgan fingerprint density at radius 3 is 2.52 bits per heavy atom. The molecule has 0 radical (unpaired) electrons. The highest BCUT2D eigenvalue weighted by Gasteiger charge is 2.60. The van der Waals surface area contributed by atoms with Crippen molar-refractivity contribution >= 4 is 11.8 Å². The van der Waals surface area contributed by atoms with Crippen LogP contribution in [0.4, 0.5) is 4.39 Å². The molecule has 4 bridgehead atoms. The molecule has 5 fully saturated rings. The summed E-state index contributed by atoms with van der Waals surface area (Å²) in [4.78, 5) is 26.4. The number of rotatable bonds is 3. The van der Waals surface area contributed by atoms with Crippen LogP contribution in [-0.4, -0.2) is 52.7 Å². The molecule has 1 saturated heterocycles. The SMILES string of the molecule is N#C[C@@H]1C[C@H](F)CN1C(=O)CNC(=O)C12CC3CC(CC(O)(C3)C1)C2. The Balaban J connectivity index is 1.40. The van der Waals surface area contributed by atoms with Crippen molar-refractivity contribution in [1.29, 1.82) is 5.26 Å². The quantitative estimate of drug-likeness (QED) is 0.791. The highest BCUT2D eigenvalue weighted by atomic mass is 19.1. The number of halogens is 1. The van der Waals surface area contributed by atoms with E-state index in [0.717, 1.165) is 32.1 Å². The van der Waals surface area contributed by atoms with Gasteiger partial charge in [0.1, 0.15) is 12.2 Å². The molecule has 136 valence electrons. The molecule has 2 N–H and O–H groups in total. The van der Waals surface area contributed by atoms with Gasteiger partial charge in [0.15, 0.2) is 0 Å². The second-order valence-electron chi connectivity index (χ2n) is 8.67. The molecule has 5 aliphatic rings. The van der Waals surface area contributed by atoms with Gasteiger partial charge < -0.3 is 15.3 Å². The molecule has 6 nitrogen and oxygen atoms in total. The van der Waals surface area contributed by atoms with E-state index in [0.29, 0.717) is 18.3 Å². The Morgan fingerprint density at radius 2 is 1.92 bits per heavy atom. The molecule has 0 aromatic carbocycles. The van der Waals surface area contributed by atoms with Crippen LogP contribution < -0.4 is 5.32 Å². The Kier molecular flexibility index (Phi) is 3.80. The Morgan fingerprint density at radius 1 is 1.24 bits per heavy atom. The molecule has 1 heterocycles. The van der Waals surface area contributed by atoms with Gasteiger partial charge in [0.2, 0.25) is 11.8 Å². The number of nitrogens with one attached hydrogen (secondary N) is 1. The van der Waals surface area contributed by atoms with Crippen molar-refractivity contribution in [2.45, 2.75) is 62.8 Å². The molecule has 7 heteroatoms. The Labute approximate surface area is 146 Å². The van der Waals surface area contributed by atoms with E-state index in [1.807, 2.05) is 6.07 Å². The van der Waals surface area contributed by atoms with Gasteiger partial charge in [-0.3, -0.25) is 9.59 Å². The van der Waals surface area contributed by atoms with E-state index in [4.69, 9.17) is 5.26 Å². The number of aliphatic hydroxyl groups is 1. The van der Waals surface area contributed by atoms with Gasteiger partial charge in [-0.05, 0) is 50.4 Å². The molecule has 2 unspecified atom stereocenters. The number of amides is 2. The zero-order chi connectivity index (χ0) is 17.8. The molecular formula is C18H24FN3O3. The van der Waals surface area contributed by atoms with Gasteiger partial charge in [0, 0.05) is 6.42 Å². The number of hydrogen-bond donors (Lipinski definition) is 2. The first-order valence-corrected chi connectivity index (χ1v) is 9.16. The van der Waals surface area contributed by atoms with Gasteiger partial charge in [-0.15, -0.1) is 0 Å². The predicted molar refractivity (Wildman–Crippen MR) is 85.7 cm³/mol. The predicted octanol–water partition coefficient (Wildman–Crippen LogP) is 0.896. The molecule has 4 saturated carbocycles. The zero-order valence-corrected chi connectivity index (χ0v) is 14.2. The number of carbonyl (C=O) groups is 2. The second kappa shape index (κ2) is 5.66. The summed E-state index contributed by atoms with van der Waals surface area (Å²) in [7, 11) is 0. The van der Waals surface area contributed by atoms with Gasteiger partial charge in [0.25, 0.3) is 0 Å². The third-order valence-corrected chi connectivity index (χ3v) is 6.63. The second-order valence-corrected chi connectivity index (χ2v) is 8.67. The first kappa shape index (κ1) is 16.8. The minimum atomic E-state index is -1.18. The number of alkyl halides is 1. The van der Waals surface area contributed by atoms with E-state index in [1.54, 1.807) is 0 Å². The highest BCUT2D eigenvalue weighted by Crippen LogP contribution is 2.61. The van der Waals surface area contributed by atoms with Crippen LogP contribution in [0, 0.1) is 28.6 Å². The van der Waals surface area contributed by atoms with Crippen molar-refractivity contribution in [3.63, 3.8) is 0 Å². The van der Waals surface area contributed by atoms with Gasteiger partial charge in [-0.25, -0.2) is 4.39 Å². The van der Waals surface area contributed by atoms with Gasteiger partial charge in [-0.2, -0.15) is 5.26 Å². The summed E-state index contributed by atoms with van der Waals surface area (Å²) < 4.78 is 13.5. The van der Waals surface area contributed by atoms with Crippen molar-refractivity contribution in [3.8, 4) is 6.07 Å². The zero-order valence-electron chi connectivity index (χ0n) is 14.2. The van der Waals surface area contributed by atoms with Crippen LogP contribution in [0.2, 0.25) is 0 Å². The number of hydrogen-bond acceptors (Lipinski definition) is 4. The maximum atomic E-state index is 13.5. The highest BCUT2D eigenvalue weighted by molar-refractivity contribution is 5.88. The molecule has 1 aliphatic heterocycles. The van der Waals surface area contributed by atoms with Crippen molar-refractivity contribution in [3.05, 3.63) is 0 Å². The summed E-state index contributed by atoms with van der Waals surface area (Å²) in [6.07, 6.45) is 3.56. The van der Waals surface area contributed by atoms with E-state index in [1.165, 1.54) is 4.90 Å². The molecule has 4 aliphatic carbocycles. The van der Waals surface area contributed by atoms with E-state index in [9.17, 15) is 19.1 Å². The van der Waals surface area contributed by atoms with Crippen LogP contribution in [0.25, 0.3) is 0 Å². The van der Waals surface area contributed by atoms with Crippen molar-refractivity contribution in [2.24, 2.45) is 17.3 Å². The first-order valence-electron chi connectivity index (χ1n) is 9.16. The smallest absolute Gasteiger partial charge is 0.243 e. The number of nitriles is 1. The lowest BCUT2D eigenvalue weighted by Crippen LogP contribution is -2.60. The third-order valence-electron chi connectivity index (χ3n) is 6.63. The molecule has 5 rings (SSSR count). The molecule has 0 aromatic rings. The Hall–Kier alpha value is -1.68. The van der Waals surface area contributed by atoms with E-state index in [2.05, 4.69) is 5.32 Å². The van der Waals surface area contributed by atoms with E-state index in [-0.39, 0.29) is 25.4 Å². The van der Waals surface area contributed by atoms with Crippen LogP contribution >= 0.6 is 0 Å². The topological polar surface area (TPSA) is 93.4 Å². The number of nitrogens with zero attached hydrogens (tertiary/aromatic N) is 2. The fourth-order valence-electron chi connectivity index (χ4n) is 6.11. The lowest BCUT2D eigenvalue weighted by molar-refractivity contribution is -0.178. The normalized spacial score (nSPS) is 44.6. The molecule has 25 heavy (non-hydrogen) atoms. The fraction of sp³-hybridized carbons (Fsp3) is 0.833.